The number of hydrogen-bond acceptors (Lipinski definition) is 4. The lowest BCUT2D eigenvalue weighted by Crippen LogP contribution is -2.15. The van der Waals surface area contributed by atoms with Gasteiger partial charge in [0.2, 0.25) is 0 Å². The van der Waals surface area contributed by atoms with Crippen LogP contribution in [0.4, 0.5) is 5.82 Å². The zero-order valence-electron chi connectivity index (χ0n) is 11.4. The number of nitriles is 1. The summed E-state index contributed by atoms with van der Waals surface area (Å²) in [6, 6.07) is 11.7. The van der Waals surface area contributed by atoms with Crippen LogP contribution in [0.5, 0.6) is 5.75 Å². The first-order chi connectivity index (χ1) is 10.1. The maximum atomic E-state index is 12.1. The van der Waals surface area contributed by atoms with Crippen molar-refractivity contribution in [1.29, 1.82) is 5.26 Å². The second-order valence-electron chi connectivity index (χ2n) is 4.38. The summed E-state index contributed by atoms with van der Waals surface area (Å²) >= 11 is 0. The molecule has 0 saturated carbocycles. The van der Waals surface area contributed by atoms with Crippen molar-refractivity contribution < 1.29 is 9.90 Å². The molecule has 1 aromatic heterocycles. The van der Waals surface area contributed by atoms with Crippen LogP contribution in [-0.2, 0) is 4.79 Å². The molecule has 1 heterocycles. The third kappa shape index (κ3) is 3.67. The summed E-state index contributed by atoms with van der Waals surface area (Å²) in [4.78, 5) is 16.1. The molecule has 21 heavy (non-hydrogen) atoms. The number of hydrogen-bond donors (Lipinski definition) is 2. The number of aromatic hydroxyl groups is 1. The Labute approximate surface area is 122 Å². The van der Waals surface area contributed by atoms with Crippen LogP contribution in [0.1, 0.15) is 11.1 Å². The van der Waals surface area contributed by atoms with Crippen molar-refractivity contribution in [2.45, 2.75) is 6.92 Å². The molecule has 2 N–H and O–H groups in total. The van der Waals surface area contributed by atoms with Crippen molar-refractivity contribution in [1.82, 2.24) is 4.98 Å². The van der Waals surface area contributed by atoms with Crippen molar-refractivity contribution in [3.05, 3.63) is 59.3 Å². The van der Waals surface area contributed by atoms with E-state index in [1.54, 1.807) is 24.4 Å². The molecule has 2 rings (SSSR count). The summed E-state index contributed by atoms with van der Waals surface area (Å²) in [7, 11) is 0. The lowest BCUT2D eigenvalue weighted by atomic mass is 10.1. The lowest BCUT2D eigenvalue weighted by molar-refractivity contribution is -0.112. The number of aryl methyl sites for hydroxylation is 1. The smallest absolute Gasteiger partial charge is 0.267 e. The Hall–Kier alpha value is -3.13. The van der Waals surface area contributed by atoms with Crippen LogP contribution in [-0.4, -0.2) is 16.0 Å². The summed E-state index contributed by atoms with van der Waals surface area (Å²) in [6.07, 6.45) is 3.02. The molecular weight excluding hydrogens is 266 g/mol. The maximum Gasteiger partial charge on any atom is 0.267 e. The number of benzene rings is 1. The van der Waals surface area contributed by atoms with E-state index >= 15 is 0 Å². The van der Waals surface area contributed by atoms with E-state index in [0.29, 0.717) is 11.4 Å². The molecule has 0 unspecified atom stereocenters. The van der Waals surface area contributed by atoms with Gasteiger partial charge in [-0.3, -0.25) is 4.79 Å². The Bertz CT molecular complexity index is 728. The van der Waals surface area contributed by atoms with Gasteiger partial charge in [0.25, 0.3) is 5.91 Å². The Kier molecular flexibility index (Phi) is 4.32. The molecule has 0 fully saturated rings. The predicted octanol–water partition coefficient (Wildman–Crippen LogP) is 2.64. The number of phenolic OH excluding ortho intramolecular Hbond substituents is 1. The molecule has 0 bridgehead atoms. The van der Waals surface area contributed by atoms with E-state index in [1.165, 1.54) is 18.2 Å². The van der Waals surface area contributed by atoms with Crippen LogP contribution in [0.2, 0.25) is 0 Å². The molecule has 5 nitrogen and oxygen atoms in total. The molecule has 1 aromatic carbocycles. The standard InChI is InChI=1S/C16H13N3O2/c1-11-3-2-8-18-15(11)19-16(21)13(10-17)9-12-4-6-14(20)7-5-12/h2-9,20H,1H3,(H,18,19,21)/b13-9+. The molecule has 0 aliphatic heterocycles. The van der Waals surface area contributed by atoms with E-state index in [1.807, 2.05) is 19.1 Å². The topological polar surface area (TPSA) is 86.0 Å². The number of aromatic nitrogens is 1. The van der Waals surface area contributed by atoms with Crippen molar-refractivity contribution >= 4 is 17.8 Å². The van der Waals surface area contributed by atoms with Gasteiger partial charge in [-0.25, -0.2) is 4.98 Å². The number of amides is 1. The van der Waals surface area contributed by atoms with Crippen molar-refractivity contribution in [2.75, 3.05) is 5.32 Å². The van der Waals surface area contributed by atoms with Gasteiger partial charge in [-0.1, -0.05) is 18.2 Å². The zero-order chi connectivity index (χ0) is 15.2. The first-order valence-corrected chi connectivity index (χ1v) is 6.24. The van der Waals surface area contributed by atoms with Gasteiger partial charge in [-0.05, 0) is 42.3 Å². The van der Waals surface area contributed by atoms with Crippen molar-refractivity contribution in [3.8, 4) is 11.8 Å². The van der Waals surface area contributed by atoms with Crippen LogP contribution >= 0.6 is 0 Å². The van der Waals surface area contributed by atoms with E-state index in [4.69, 9.17) is 5.26 Å². The Balaban J connectivity index is 2.21. The predicted molar refractivity (Wildman–Crippen MR) is 79.3 cm³/mol. The number of nitrogens with one attached hydrogen (secondary N) is 1. The van der Waals surface area contributed by atoms with Crippen LogP contribution in [0.3, 0.4) is 0 Å². The molecule has 0 spiro atoms. The maximum absolute atomic E-state index is 12.1. The van der Waals surface area contributed by atoms with E-state index < -0.39 is 5.91 Å². The minimum Gasteiger partial charge on any atom is -0.508 e. The number of anilines is 1. The van der Waals surface area contributed by atoms with Crippen LogP contribution in [0.25, 0.3) is 6.08 Å². The molecule has 2 aromatic rings. The van der Waals surface area contributed by atoms with Crippen LogP contribution < -0.4 is 5.32 Å². The number of nitrogens with zero attached hydrogens (tertiary/aromatic N) is 2. The normalized spacial score (nSPS) is 10.8. The average Bonchev–Trinajstić information content (AvgIpc) is 2.49. The molecule has 0 aliphatic carbocycles. The quantitative estimate of drug-likeness (QED) is 0.668. The van der Waals surface area contributed by atoms with E-state index in [0.717, 1.165) is 5.56 Å². The fourth-order valence-corrected chi connectivity index (χ4v) is 1.68. The fourth-order valence-electron chi connectivity index (χ4n) is 1.68. The van der Waals surface area contributed by atoms with Crippen molar-refractivity contribution in [3.63, 3.8) is 0 Å². The summed E-state index contributed by atoms with van der Waals surface area (Å²) in [6.45, 7) is 1.82. The number of phenols is 1. The lowest BCUT2D eigenvalue weighted by Gasteiger charge is -2.06. The highest BCUT2D eigenvalue weighted by Gasteiger charge is 2.11. The summed E-state index contributed by atoms with van der Waals surface area (Å²) in [5.41, 5.74) is 1.43. The molecule has 0 aliphatic rings. The molecular formula is C16H13N3O2. The second kappa shape index (κ2) is 6.35. The largest absolute Gasteiger partial charge is 0.508 e. The van der Waals surface area contributed by atoms with Gasteiger partial charge in [0.15, 0.2) is 0 Å². The van der Waals surface area contributed by atoms with Gasteiger partial charge in [-0.15, -0.1) is 0 Å². The van der Waals surface area contributed by atoms with Crippen LogP contribution in [0, 0.1) is 18.3 Å². The molecule has 5 heteroatoms. The monoisotopic (exact) mass is 279 g/mol. The van der Waals surface area contributed by atoms with E-state index in [-0.39, 0.29) is 11.3 Å². The minimum absolute atomic E-state index is 0.0363. The second-order valence-corrected chi connectivity index (χ2v) is 4.38. The number of carbonyl (C=O) groups is 1. The number of rotatable bonds is 3. The number of carbonyl (C=O) groups excluding carboxylic acids is 1. The van der Waals surface area contributed by atoms with Gasteiger partial charge < -0.3 is 10.4 Å². The SMILES string of the molecule is Cc1cccnc1NC(=O)/C(C#N)=C/c1ccc(O)cc1. The highest BCUT2D eigenvalue weighted by Crippen LogP contribution is 2.15. The molecule has 1 amide bonds. The van der Waals surface area contributed by atoms with Gasteiger partial charge in [0.1, 0.15) is 23.2 Å². The third-order valence-corrected chi connectivity index (χ3v) is 2.81. The van der Waals surface area contributed by atoms with Crippen LogP contribution in [0.15, 0.2) is 48.2 Å². The van der Waals surface area contributed by atoms with Gasteiger partial charge >= 0.3 is 0 Å². The summed E-state index contributed by atoms with van der Waals surface area (Å²) in [5, 5.41) is 20.9. The van der Waals surface area contributed by atoms with Gasteiger partial charge in [-0.2, -0.15) is 5.26 Å². The highest BCUT2D eigenvalue weighted by molar-refractivity contribution is 6.09. The first kappa shape index (κ1) is 14.3. The minimum atomic E-state index is -0.521. The third-order valence-electron chi connectivity index (χ3n) is 2.81. The zero-order valence-corrected chi connectivity index (χ0v) is 11.4. The summed E-state index contributed by atoms with van der Waals surface area (Å²) in [5.74, 6) is 0.0287. The molecule has 0 atom stereocenters. The summed E-state index contributed by atoms with van der Waals surface area (Å²) < 4.78 is 0. The first-order valence-electron chi connectivity index (χ1n) is 6.24. The van der Waals surface area contributed by atoms with E-state index in [2.05, 4.69) is 10.3 Å². The fraction of sp³-hybridized carbons (Fsp3) is 0.0625. The number of pyridine rings is 1. The van der Waals surface area contributed by atoms with E-state index in [9.17, 15) is 9.90 Å². The Morgan fingerprint density at radius 3 is 2.67 bits per heavy atom. The Morgan fingerprint density at radius 2 is 2.05 bits per heavy atom. The highest BCUT2D eigenvalue weighted by atomic mass is 16.3. The average molecular weight is 279 g/mol. The Morgan fingerprint density at radius 1 is 1.33 bits per heavy atom. The van der Waals surface area contributed by atoms with Crippen molar-refractivity contribution in [2.24, 2.45) is 0 Å². The molecule has 104 valence electrons. The van der Waals surface area contributed by atoms with Gasteiger partial charge in [0.05, 0.1) is 0 Å². The molecule has 0 radical (unpaired) electrons. The van der Waals surface area contributed by atoms with Gasteiger partial charge in [0, 0.05) is 6.20 Å². The molecule has 0 saturated heterocycles.